The summed E-state index contributed by atoms with van der Waals surface area (Å²) in [5.41, 5.74) is 0. The Bertz CT molecular complexity index is 221. The summed E-state index contributed by atoms with van der Waals surface area (Å²) in [6.07, 6.45) is 3.04. The number of nitrogens with one attached hydrogen (secondary N) is 1. The van der Waals surface area contributed by atoms with Crippen molar-refractivity contribution in [1.82, 2.24) is 10.3 Å². The summed E-state index contributed by atoms with van der Waals surface area (Å²) in [5, 5.41) is 6.76. The minimum absolute atomic E-state index is 0.529. The standard InChI is InChI=1S/C10H18N2S/c1-4-9(8(3)11-5-2)10-12-6-7-13-10/h6-9,11H,4-5H2,1-3H3. The summed E-state index contributed by atoms with van der Waals surface area (Å²) in [4.78, 5) is 4.37. The van der Waals surface area contributed by atoms with E-state index in [1.54, 1.807) is 11.3 Å². The van der Waals surface area contributed by atoms with Crippen molar-refractivity contribution in [2.75, 3.05) is 6.54 Å². The van der Waals surface area contributed by atoms with Crippen LogP contribution in [0.2, 0.25) is 0 Å². The van der Waals surface area contributed by atoms with Crippen molar-refractivity contribution >= 4 is 11.3 Å². The molecule has 74 valence electrons. The molecule has 3 heteroatoms. The molecule has 0 amide bonds. The Morgan fingerprint density at radius 3 is 2.77 bits per heavy atom. The first kappa shape index (κ1) is 10.7. The van der Waals surface area contributed by atoms with Gasteiger partial charge in [0.15, 0.2) is 0 Å². The second kappa shape index (κ2) is 5.35. The Hall–Kier alpha value is -0.410. The Morgan fingerprint density at radius 1 is 1.54 bits per heavy atom. The molecule has 0 aromatic carbocycles. The largest absolute Gasteiger partial charge is 0.314 e. The maximum Gasteiger partial charge on any atom is 0.0971 e. The highest BCUT2D eigenvalue weighted by atomic mass is 32.1. The third kappa shape index (κ3) is 2.78. The molecule has 2 nitrogen and oxygen atoms in total. The van der Waals surface area contributed by atoms with Gasteiger partial charge in [-0.15, -0.1) is 11.3 Å². The maximum atomic E-state index is 4.37. The van der Waals surface area contributed by atoms with Gasteiger partial charge in [0, 0.05) is 23.5 Å². The number of nitrogens with zero attached hydrogens (tertiary/aromatic N) is 1. The zero-order chi connectivity index (χ0) is 9.68. The highest BCUT2D eigenvalue weighted by Gasteiger charge is 2.18. The fourth-order valence-electron chi connectivity index (χ4n) is 1.62. The van der Waals surface area contributed by atoms with Crippen molar-refractivity contribution in [1.29, 1.82) is 0 Å². The van der Waals surface area contributed by atoms with Gasteiger partial charge in [0.2, 0.25) is 0 Å². The minimum Gasteiger partial charge on any atom is -0.314 e. The van der Waals surface area contributed by atoms with Crippen molar-refractivity contribution in [3.8, 4) is 0 Å². The van der Waals surface area contributed by atoms with Crippen molar-refractivity contribution in [2.45, 2.75) is 39.2 Å². The average molecular weight is 198 g/mol. The van der Waals surface area contributed by atoms with E-state index in [9.17, 15) is 0 Å². The topological polar surface area (TPSA) is 24.9 Å². The van der Waals surface area contributed by atoms with Gasteiger partial charge in [-0.2, -0.15) is 0 Å². The molecule has 0 aliphatic carbocycles. The molecular weight excluding hydrogens is 180 g/mol. The van der Waals surface area contributed by atoms with Crippen molar-refractivity contribution < 1.29 is 0 Å². The van der Waals surface area contributed by atoms with Crippen LogP contribution in [0.15, 0.2) is 11.6 Å². The van der Waals surface area contributed by atoms with Crippen molar-refractivity contribution in [3.63, 3.8) is 0 Å². The van der Waals surface area contributed by atoms with Gasteiger partial charge in [-0.1, -0.05) is 13.8 Å². The average Bonchev–Trinajstić information content (AvgIpc) is 2.59. The van der Waals surface area contributed by atoms with Crippen LogP contribution in [0.25, 0.3) is 0 Å². The summed E-state index contributed by atoms with van der Waals surface area (Å²) in [6.45, 7) is 7.63. The van der Waals surface area contributed by atoms with Crippen LogP contribution in [-0.2, 0) is 0 Å². The van der Waals surface area contributed by atoms with Gasteiger partial charge >= 0.3 is 0 Å². The van der Waals surface area contributed by atoms with Gasteiger partial charge in [0.25, 0.3) is 0 Å². The van der Waals surface area contributed by atoms with E-state index in [4.69, 9.17) is 0 Å². The monoisotopic (exact) mass is 198 g/mol. The normalized spacial score (nSPS) is 15.6. The predicted octanol–water partition coefficient (Wildman–Crippen LogP) is 2.63. The lowest BCUT2D eigenvalue weighted by Crippen LogP contribution is -2.31. The van der Waals surface area contributed by atoms with Gasteiger partial charge in [0.05, 0.1) is 5.01 Å². The summed E-state index contributed by atoms with van der Waals surface area (Å²) in [6, 6.07) is 0.529. The van der Waals surface area contributed by atoms with Gasteiger partial charge in [-0.25, -0.2) is 4.98 Å². The zero-order valence-electron chi connectivity index (χ0n) is 8.58. The Labute approximate surface area is 84.4 Å². The van der Waals surface area contributed by atoms with Crippen molar-refractivity contribution in [3.05, 3.63) is 16.6 Å². The summed E-state index contributed by atoms with van der Waals surface area (Å²) >= 11 is 1.76. The third-order valence-corrected chi connectivity index (χ3v) is 3.25. The number of hydrogen-bond acceptors (Lipinski definition) is 3. The van der Waals surface area contributed by atoms with E-state index in [0.717, 1.165) is 13.0 Å². The van der Waals surface area contributed by atoms with Crippen LogP contribution in [-0.4, -0.2) is 17.6 Å². The van der Waals surface area contributed by atoms with Crippen LogP contribution in [0.1, 0.15) is 38.1 Å². The number of thiazole rings is 1. The van der Waals surface area contributed by atoms with E-state index in [2.05, 4.69) is 36.5 Å². The molecule has 0 saturated carbocycles. The summed E-state index contributed by atoms with van der Waals surface area (Å²) in [5.74, 6) is 0.569. The number of aromatic nitrogens is 1. The second-order valence-corrected chi connectivity index (χ2v) is 4.16. The fraction of sp³-hybridized carbons (Fsp3) is 0.700. The highest BCUT2D eigenvalue weighted by Crippen LogP contribution is 2.24. The van der Waals surface area contributed by atoms with E-state index < -0.39 is 0 Å². The quantitative estimate of drug-likeness (QED) is 0.786. The summed E-state index contributed by atoms with van der Waals surface area (Å²) < 4.78 is 0. The van der Waals surface area contributed by atoms with Crippen LogP contribution < -0.4 is 5.32 Å². The second-order valence-electron chi connectivity index (χ2n) is 3.23. The summed E-state index contributed by atoms with van der Waals surface area (Å²) in [7, 11) is 0. The molecular formula is C10H18N2S. The van der Waals surface area contributed by atoms with Crippen LogP contribution in [0.5, 0.6) is 0 Å². The van der Waals surface area contributed by atoms with E-state index in [1.165, 1.54) is 5.01 Å². The number of hydrogen-bond donors (Lipinski definition) is 1. The van der Waals surface area contributed by atoms with E-state index in [0.29, 0.717) is 12.0 Å². The number of likely N-dealkylation sites (N-methyl/N-ethyl adjacent to an activating group) is 1. The van der Waals surface area contributed by atoms with Gasteiger partial charge in [0.1, 0.15) is 0 Å². The minimum atomic E-state index is 0.529. The maximum absolute atomic E-state index is 4.37. The Balaban J connectivity index is 2.62. The third-order valence-electron chi connectivity index (χ3n) is 2.34. The lowest BCUT2D eigenvalue weighted by molar-refractivity contribution is 0.459. The molecule has 0 fully saturated rings. The Kier molecular flexibility index (Phi) is 4.39. The molecule has 0 spiro atoms. The van der Waals surface area contributed by atoms with Gasteiger partial charge < -0.3 is 5.32 Å². The molecule has 1 aromatic rings. The Morgan fingerprint density at radius 2 is 2.31 bits per heavy atom. The van der Waals surface area contributed by atoms with E-state index in [-0.39, 0.29) is 0 Å². The van der Waals surface area contributed by atoms with Crippen LogP contribution in [0, 0.1) is 0 Å². The lowest BCUT2D eigenvalue weighted by atomic mass is 9.99. The molecule has 1 rings (SSSR count). The van der Waals surface area contributed by atoms with E-state index in [1.807, 2.05) is 6.20 Å². The van der Waals surface area contributed by atoms with Gasteiger partial charge in [-0.3, -0.25) is 0 Å². The first-order chi connectivity index (χ1) is 6.29. The fourth-order valence-corrected chi connectivity index (χ4v) is 2.55. The smallest absolute Gasteiger partial charge is 0.0971 e. The van der Waals surface area contributed by atoms with E-state index >= 15 is 0 Å². The molecule has 0 aliphatic heterocycles. The molecule has 1 heterocycles. The zero-order valence-corrected chi connectivity index (χ0v) is 9.40. The highest BCUT2D eigenvalue weighted by molar-refractivity contribution is 7.09. The first-order valence-electron chi connectivity index (χ1n) is 4.92. The molecule has 1 aromatic heterocycles. The van der Waals surface area contributed by atoms with Crippen LogP contribution >= 0.6 is 11.3 Å². The van der Waals surface area contributed by atoms with Crippen LogP contribution in [0.3, 0.4) is 0 Å². The molecule has 13 heavy (non-hydrogen) atoms. The van der Waals surface area contributed by atoms with Crippen molar-refractivity contribution in [2.24, 2.45) is 0 Å². The molecule has 1 N–H and O–H groups in total. The first-order valence-corrected chi connectivity index (χ1v) is 5.80. The lowest BCUT2D eigenvalue weighted by Gasteiger charge is -2.21. The molecule has 0 radical (unpaired) electrons. The predicted molar refractivity (Wildman–Crippen MR) is 58.3 cm³/mol. The van der Waals surface area contributed by atoms with Gasteiger partial charge in [-0.05, 0) is 19.9 Å². The molecule has 0 saturated heterocycles. The molecule has 2 unspecified atom stereocenters. The molecule has 0 aliphatic rings. The SMILES string of the molecule is CCNC(C)C(CC)c1nccs1. The molecule has 2 atom stereocenters. The number of rotatable bonds is 5. The van der Waals surface area contributed by atoms with Crippen LogP contribution in [0.4, 0.5) is 0 Å². The molecule has 0 bridgehead atoms.